The molecule has 1 aromatic carbocycles. The average Bonchev–Trinajstić information content (AvgIpc) is 2.93. The number of alkyl halides is 3. The zero-order valence-electron chi connectivity index (χ0n) is 11.7. The second-order valence-electron chi connectivity index (χ2n) is 4.64. The molecule has 118 valence electrons. The van der Waals surface area contributed by atoms with E-state index in [1.807, 2.05) is 0 Å². The Hall–Kier alpha value is -2.28. The summed E-state index contributed by atoms with van der Waals surface area (Å²) in [5.74, 6) is -0.237. The van der Waals surface area contributed by atoms with E-state index in [-0.39, 0.29) is 17.7 Å². The van der Waals surface area contributed by atoms with Crippen molar-refractivity contribution in [3.05, 3.63) is 47.7 Å². The standard InChI is InChI=1S/C15H14F3NO3/c1-21-14(20)12(19)8-9-6-7-13(22-9)10-4-2-3-5-11(10)15(16,17)18/h2-7,12H,8,19H2,1H3. The maximum atomic E-state index is 13.0. The van der Waals surface area contributed by atoms with Crippen molar-refractivity contribution in [3.8, 4) is 11.3 Å². The first-order valence-corrected chi connectivity index (χ1v) is 6.41. The van der Waals surface area contributed by atoms with Crippen LogP contribution in [0.2, 0.25) is 0 Å². The lowest BCUT2D eigenvalue weighted by Crippen LogP contribution is -2.33. The first-order valence-electron chi connectivity index (χ1n) is 6.41. The van der Waals surface area contributed by atoms with E-state index in [0.29, 0.717) is 5.76 Å². The number of carbonyl (C=O) groups excluding carboxylic acids is 1. The van der Waals surface area contributed by atoms with E-state index in [1.54, 1.807) is 0 Å². The second kappa shape index (κ2) is 6.23. The van der Waals surface area contributed by atoms with E-state index < -0.39 is 23.8 Å². The van der Waals surface area contributed by atoms with E-state index in [4.69, 9.17) is 10.2 Å². The molecule has 22 heavy (non-hydrogen) atoms. The van der Waals surface area contributed by atoms with Gasteiger partial charge in [0.15, 0.2) is 0 Å². The number of nitrogens with two attached hydrogens (primary N) is 1. The van der Waals surface area contributed by atoms with Crippen LogP contribution < -0.4 is 5.73 Å². The number of halogens is 3. The van der Waals surface area contributed by atoms with E-state index in [2.05, 4.69) is 4.74 Å². The predicted molar refractivity (Wildman–Crippen MR) is 72.8 cm³/mol. The van der Waals surface area contributed by atoms with Gasteiger partial charge in [0.25, 0.3) is 0 Å². The Labute approximate surface area is 124 Å². The van der Waals surface area contributed by atoms with E-state index >= 15 is 0 Å². The van der Waals surface area contributed by atoms with Crippen molar-refractivity contribution in [1.29, 1.82) is 0 Å². The molecule has 0 fully saturated rings. The smallest absolute Gasteiger partial charge is 0.417 e. The number of rotatable bonds is 4. The number of hydrogen-bond acceptors (Lipinski definition) is 4. The van der Waals surface area contributed by atoms with Gasteiger partial charge in [-0.15, -0.1) is 0 Å². The van der Waals surface area contributed by atoms with Gasteiger partial charge in [0, 0.05) is 12.0 Å². The molecule has 0 amide bonds. The maximum absolute atomic E-state index is 13.0. The zero-order chi connectivity index (χ0) is 16.3. The van der Waals surface area contributed by atoms with Gasteiger partial charge in [-0.1, -0.05) is 18.2 Å². The molecular formula is C15H14F3NO3. The summed E-state index contributed by atoms with van der Waals surface area (Å²) in [6.45, 7) is 0. The molecule has 0 spiro atoms. The summed E-state index contributed by atoms with van der Waals surface area (Å²) in [5, 5.41) is 0. The number of carbonyl (C=O) groups is 1. The molecule has 0 aliphatic heterocycles. The molecule has 4 nitrogen and oxygen atoms in total. The van der Waals surface area contributed by atoms with Gasteiger partial charge in [-0.05, 0) is 18.2 Å². The van der Waals surface area contributed by atoms with Crippen LogP contribution in [-0.2, 0) is 22.1 Å². The lowest BCUT2D eigenvalue weighted by atomic mass is 10.1. The first kappa shape index (κ1) is 16.1. The highest BCUT2D eigenvalue weighted by molar-refractivity contribution is 5.75. The summed E-state index contributed by atoms with van der Waals surface area (Å²) in [7, 11) is 1.20. The quantitative estimate of drug-likeness (QED) is 0.881. The molecule has 1 atom stereocenters. The maximum Gasteiger partial charge on any atom is 0.417 e. The van der Waals surface area contributed by atoms with Gasteiger partial charge in [-0.2, -0.15) is 13.2 Å². The molecule has 1 aromatic heterocycles. The minimum absolute atomic E-state index is 0.0425. The molecule has 7 heteroatoms. The fraction of sp³-hybridized carbons (Fsp3) is 0.267. The van der Waals surface area contributed by atoms with E-state index in [0.717, 1.165) is 6.07 Å². The lowest BCUT2D eigenvalue weighted by molar-refractivity contribution is -0.142. The van der Waals surface area contributed by atoms with Gasteiger partial charge in [-0.3, -0.25) is 4.79 Å². The van der Waals surface area contributed by atoms with Gasteiger partial charge in [0.1, 0.15) is 17.6 Å². The molecule has 0 radical (unpaired) electrons. The number of furan rings is 1. The third-order valence-electron chi connectivity index (χ3n) is 3.08. The van der Waals surface area contributed by atoms with Crippen molar-refractivity contribution in [2.75, 3.05) is 7.11 Å². The van der Waals surface area contributed by atoms with Crippen molar-refractivity contribution in [3.63, 3.8) is 0 Å². The van der Waals surface area contributed by atoms with Crippen LogP contribution in [0.25, 0.3) is 11.3 Å². The van der Waals surface area contributed by atoms with Gasteiger partial charge in [0.2, 0.25) is 0 Å². The van der Waals surface area contributed by atoms with Crippen LogP contribution in [0.15, 0.2) is 40.8 Å². The molecule has 1 unspecified atom stereocenters. The van der Waals surface area contributed by atoms with Crippen molar-refractivity contribution in [2.45, 2.75) is 18.6 Å². The molecule has 0 aliphatic carbocycles. The van der Waals surface area contributed by atoms with Gasteiger partial charge < -0.3 is 14.9 Å². The summed E-state index contributed by atoms with van der Waals surface area (Å²) < 4.78 is 48.8. The molecule has 0 saturated carbocycles. The first-order chi connectivity index (χ1) is 10.3. The number of methoxy groups -OCH3 is 1. The van der Waals surface area contributed by atoms with Gasteiger partial charge >= 0.3 is 12.1 Å². The Morgan fingerprint density at radius 1 is 1.27 bits per heavy atom. The topological polar surface area (TPSA) is 65.5 Å². The number of hydrogen-bond donors (Lipinski definition) is 1. The summed E-state index contributed by atoms with van der Waals surface area (Å²) in [6.07, 6.45) is -4.44. The van der Waals surface area contributed by atoms with Crippen molar-refractivity contribution >= 4 is 5.97 Å². The van der Waals surface area contributed by atoms with Crippen LogP contribution in [-0.4, -0.2) is 19.1 Å². The molecule has 2 aromatic rings. The monoisotopic (exact) mass is 313 g/mol. The highest BCUT2D eigenvalue weighted by Gasteiger charge is 2.34. The third kappa shape index (κ3) is 3.48. The molecule has 0 saturated heterocycles. The summed E-state index contributed by atoms with van der Waals surface area (Å²) in [4.78, 5) is 11.2. The van der Waals surface area contributed by atoms with Crippen LogP contribution in [0.4, 0.5) is 13.2 Å². The van der Waals surface area contributed by atoms with E-state index in [9.17, 15) is 18.0 Å². The van der Waals surface area contributed by atoms with Crippen molar-refractivity contribution < 1.29 is 27.1 Å². The molecule has 0 aliphatic rings. The van der Waals surface area contributed by atoms with Crippen LogP contribution in [0.5, 0.6) is 0 Å². The molecule has 0 bridgehead atoms. The van der Waals surface area contributed by atoms with Crippen LogP contribution in [0.3, 0.4) is 0 Å². The summed E-state index contributed by atoms with van der Waals surface area (Å²) in [5.41, 5.74) is 4.75. The number of esters is 1. The lowest BCUT2D eigenvalue weighted by Gasteiger charge is -2.11. The average molecular weight is 313 g/mol. The minimum atomic E-state index is -4.48. The van der Waals surface area contributed by atoms with Gasteiger partial charge in [0.05, 0.1) is 12.7 Å². The largest absolute Gasteiger partial charge is 0.468 e. The number of benzene rings is 1. The summed E-state index contributed by atoms with van der Waals surface area (Å²) >= 11 is 0. The molecule has 2 rings (SSSR count). The summed E-state index contributed by atoms with van der Waals surface area (Å²) in [6, 6.07) is 7.09. The zero-order valence-corrected chi connectivity index (χ0v) is 11.7. The molecular weight excluding hydrogens is 299 g/mol. The SMILES string of the molecule is COC(=O)C(N)Cc1ccc(-c2ccccc2C(F)(F)F)o1. The van der Waals surface area contributed by atoms with E-state index in [1.165, 1.54) is 37.4 Å². The third-order valence-corrected chi connectivity index (χ3v) is 3.08. The van der Waals surface area contributed by atoms with Crippen LogP contribution in [0.1, 0.15) is 11.3 Å². The Morgan fingerprint density at radius 3 is 2.59 bits per heavy atom. The highest BCUT2D eigenvalue weighted by atomic mass is 19.4. The highest BCUT2D eigenvalue weighted by Crippen LogP contribution is 2.37. The van der Waals surface area contributed by atoms with Crippen LogP contribution in [0, 0.1) is 0 Å². The molecule has 1 heterocycles. The fourth-order valence-electron chi connectivity index (χ4n) is 2.03. The Kier molecular flexibility index (Phi) is 4.56. The Morgan fingerprint density at radius 2 is 1.95 bits per heavy atom. The minimum Gasteiger partial charge on any atom is -0.468 e. The predicted octanol–water partition coefficient (Wildman–Crippen LogP) is 3.01. The number of ether oxygens (including phenoxy) is 1. The van der Waals surface area contributed by atoms with Crippen LogP contribution >= 0.6 is 0 Å². The normalized spacial score (nSPS) is 13.0. The van der Waals surface area contributed by atoms with Crippen molar-refractivity contribution in [2.24, 2.45) is 5.73 Å². The Balaban J connectivity index is 2.28. The molecule has 2 N–H and O–H groups in total. The van der Waals surface area contributed by atoms with Crippen molar-refractivity contribution in [1.82, 2.24) is 0 Å². The Bertz CT molecular complexity index is 664. The fourth-order valence-corrected chi connectivity index (χ4v) is 2.03. The van der Waals surface area contributed by atoms with Gasteiger partial charge in [-0.25, -0.2) is 0 Å². The second-order valence-corrected chi connectivity index (χ2v) is 4.64.